The van der Waals surface area contributed by atoms with Crippen LogP contribution < -0.4 is 10.2 Å². The van der Waals surface area contributed by atoms with E-state index in [1.807, 2.05) is 18.2 Å². The van der Waals surface area contributed by atoms with Crippen LogP contribution >= 0.6 is 0 Å². The lowest BCUT2D eigenvalue weighted by atomic mass is 9.78. The van der Waals surface area contributed by atoms with E-state index >= 15 is 0 Å². The fourth-order valence-corrected chi connectivity index (χ4v) is 4.79. The molecule has 0 radical (unpaired) electrons. The predicted molar refractivity (Wildman–Crippen MR) is 103 cm³/mol. The zero-order valence-electron chi connectivity index (χ0n) is 15.0. The van der Waals surface area contributed by atoms with Crippen molar-refractivity contribution in [2.45, 2.75) is 37.0 Å². The maximum Gasteiger partial charge on any atom is 0.261 e. The Hall–Kier alpha value is -2.38. The summed E-state index contributed by atoms with van der Waals surface area (Å²) in [5, 5.41) is 8.84. The molecule has 3 rings (SSSR count). The van der Waals surface area contributed by atoms with Gasteiger partial charge in [-0.2, -0.15) is 0 Å². The van der Waals surface area contributed by atoms with Crippen molar-refractivity contribution in [3.63, 3.8) is 0 Å². The van der Waals surface area contributed by atoms with Gasteiger partial charge in [0.1, 0.15) is 0 Å². The molecule has 2 aromatic rings. The van der Waals surface area contributed by atoms with E-state index < -0.39 is 10.0 Å². The lowest BCUT2D eigenvalue weighted by Crippen LogP contribution is -2.32. The third-order valence-electron chi connectivity index (χ3n) is 5.02. The number of nitrogens with one attached hydrogen (secondary N) is 2. The molecule has 0 heterocycles. The van der Waals surface area contributed by atoms with Crippen molar-refractivity contribution in [1.29, 1.82) is 0 Å². The molecule has 1 saturated carbocycles. The highest BCUT2D eigenvalue weighted by atomic mass is 32.2. The second-order valence-electron chi connectivity index (χ2n) is 7.03. The Labute approximate surface area is 159 Å². The highest BCUT2D eigenvalue weighted by Crippen LogP contribution is 2.32. The first-order valence-corrected chi connectivity index (χ1v) is 10.6. The Bertz CT molecular complexity index is 884. The SMILES string of the molecule is O=C(NO)C1CCCC(Cc2cccc(NS(=O)(=O)c3ccccc3)c2)C1. The van der Waals surface area contributed by atoms with Crippen LogP contribution in [0.5, 0.6) is 0 Å². The summed E-state index contributed by atoms with van der Waals surface area (Å²) in [7, 11) is -3.62. The van der Waals surface area contributed by atoms with Crippen LogP contribution in [0.2, 0.25) is 0 Å². The molecule has 2 unspecified atom stereocenters. The van der Waals surface area contributed by atoms with E-state index in [0.717, 1.165) is 37.7 Å². The maximum absolute atomic E-state index is 12.5. The van der Waals surface area contributed by atoms with Crippen molar-refractivity contribution in [2.75, 3.05) is 4.72 Å². The van der Waals surface area contributed by atoms with Crippen molar-refractivity contribution in [2.24, 2.45) is 11.8 Å². The van der Waals surface area contributed by atoms with Gasteiger partial charge in [0.15, 0.2) is 0 Å². The Morgan fingerprint density at radius 2 is 1.85 bits per heavy atom. The number of carbonyl (C=O) groups excluding carboxylic acids is 1. The van der Waals surface area contributed by atoms with Crippen LogP contribution in [0, 0.1) is 11.8 Å². The van der Waals surface area contributed by atoms with Gasteiger partial charge in [-0.25, -0.2) is 13.9 Å². The fraction of sp³-hybridized carbons (Fsp3) is 0.350. The van der Waals surface area contributed by atoms with Gasteiger partial charge in [0.05, 0.1) is 4.90 Å². The van der Waals surface area contributed by atoms with E-state index in [4.69, 9.17) is 5.21 Å². The normalized spacial score (nSPS) is 20.0. The van der Waals surface area contributed by atoms with Crippen molar-refractivity contribution < 1.29 is 18.4 Å². The second kappa shape index (κ2) is 8.54. The number of hydrogen-bond donors (Lipinski definition) is 3. The molecule has 7 heteroatoms. The number of rotatable bonds is 6. The Kier molecular flexibility index (Phi) is 6.13. The first-order valence-electron chi connectivity index (χ1n) is 9.08. The number of hydroxylamine groups is 1. The molecular weight excluding hydrogens is 364 g/mol. The second-order valence-corrected chi connectivity index (χ2v) is 8.71. The predicted octanol–water partition coefficient (Wildman–Crippen LogP) is 3.34. The van der Waals surface area contributed by atoms with Crippen LogP contribution in [0.25, 0.3) is 0 Å². The molecule has 1 fully saturated rings. The lowest BCUT2D eigenvalue weighted by Gasteiger charge is -2.27. The van der Waals surface area contributed by atoms with E-state index in [-0.39, 0.29) is 16.7 Å². The smallest absolute Gasteiger partial charge is 0.261 e. The molecule has 1 aliphatic carbocycles. The van der Waals surface area contributed by atoms with Gasteiger partial charge in [-0.3, -0.25) is 14.7 Å². The Balaban J connectivity index is 1.68. The topological polar surface area (TPSA) is 95.5 Å². The molecule has 0 spiro atoms. The van der Waals surface area contributed by atoms with Crippen molar-refractivity contribution in [3.05, 3.63) is 60.2 Å². The highest BCUT2D eigenvalue weighted by Gasteiger charge is 2.27. The van der Waals surface area contributed by atoms with Crippen LogP contribution in [-0.4, -0.2) is 19.5 Å². The number of amides is 1. The molecule has 2 aromatic carbocycles. The van der Waals surface area contributed by atoms with Gasteiger partial charge in [0.25, 0.3) is 10.0 Å². The Morgan fingerprint density at radius 1 is 1.07 bits per heavy atom. The van der Waals surface area contributed by atoms with Crippen LogP contribution in [0.1, 0.15) is 31.2 Å². The summed E-state index contributed by atoms with van der Waals surface area (Å²) in [6, 6.07) is 15.6. The summed E-state index contributed by atoms with van der Waals surface area (Å²) in [5.74, 6) is -0.139. The molecule has 0 aromatic heterocycles. The summed E-state index contributed by atoms with van der Waals surface area (Å²) in [6.07, 6.45) is 4.26. The summed E-state index contributed by atoms with van der Waals surface area (Å²) in [6.45, 7) is 0. The molecule has 0 aliphatic heterocycles. The minimum absolute atomic E-state index is 0.159. The quantitative estimate of drug-likeness (QED) is 0.522. The fourth-order valence-electron chi connectivity index (χ4n) is 3.71. The van der Waals surface area contributed by atoms with Gasteiger partial charge < -0.3 is 0 Å². The number of hydrogen-bond acceptors (Lipinski definition) is 4. The monoisotopic (exact) mass is 388 g/mol. The molecule has 0 saturated heterocycles. The van der Waals surface area contributed by atoms with Crippen LogP contribution in [0.4, 0.5) is 5.69 Å². The van der Waals surface area contributed by atoms with Crippen LogP contribution in [0.3, 0.4) is 0 Å². The van der Waals surface area contributed by atoms with Crippen molar-refractivity contribution in [1.82, 2.24) is 5.48 Å². The van der Waals surface area contributed by atoms with Gasteiger partial charge in [0, 0.05) is 11.6 Å². The van der Waals surface area contributed by atoms with Gasteiger partial charge in [0.2, 0.25) is 5.91 Å². The van der Waals surface area contributed by atoms with Gasteiger partial charge in [-0.15, -0.1) is 0 Å². The molecule has 3 N–H and O–H groups in total. The zero-order chi connectivity index (χ0) is 19.3. The van der Waals surface area contributed by atoms with Gasteiger partial charge in [-0.1, -0.05) is 43.2 Å². The molecular formula is C20H24N2O4S. The minimum Gasteiger partial charge on any atom is -0.289 e. The molecule has 2 atom stereocenters. The lowest BCUT2D eigenvalue weighted by molar-refractivity contribution is -0.134. The molecule has 27 heavy (non-hydrogen) atoms. The standard InChI is InChI=1S/C20H24N2O4S/c23-20(21-24)17-8-4-6-15(13-17)12-16-7-5-9-18(14-16)22-27(25,26)19-10-2-1-3-11-19/h1-3,5,7,9-11,14-15,17,22,24H,4,6,8,12-13H2,(H,21,23). The zero-order valence-corrected chi connectivity index (χ0v) is 15.8. The highest BCUT2D eigenvalue weighted by molar-refractivity contribution is 7.92. The Morgan fingerprint density at radius 3 is 2.59 bits per heavy atom. The third-order valence-corrected chi connectivity index (χ3v) is 6.42. The average Bonchev–Trinajstić information content (AvgIpc) is 2.68. The summed E-state index contributed by atoms with van der Waals surface area (Å²) in [5.41, 5.74) is 3.30. The van der Waals surface area contributed by atoms with E-state index in [2.05, 4.69) is 4.72 Å². The maximum atomic E-state index is 12.5. The van der Waals surface area contributed by atoms with Crippen molar-refractivity contribution in [3.8, 4) is 0 Å². The summed E-state index contributed by atoms with van der Waals surface area (Å²) < 4.78 is 27.6. The van der Waals surface area contributed by atoms with Gasteiger partial charge in [-0.05, 0) is 55.0 Å². The van der Waals surface area contributed by atoms with E-state index in [1.165, 1.54) is 0 Å². The minimum atomic E-state index is -3.62. The number of carbonyl (C=O) groups is 1. The first-order chi connectivity index (χ1) is 13.0. The summed E-state index contributed by atoms with van der Waals surface area (Å²) in [4.78, 5) is 11.9. The van der Waals surface area contributed by atoms with Crippen LogP contribution in [0.15, 0.2) is 59.5 Å². The number of benzene rings is 2. The number of anilines is 1. The largest absolute Gasteiger partial charge is 0.289 e. The van der Waals surface area contributed by atoms with Crippen LogP contribution in [-0.2, 0) is 21.2 Å². The summed E-state index contributed by atoms with van der Waals surface area (Å²) >= 11 is 0. The molecule has 0 bridgehead atoms. The first kappa shape index (κ1) is 19.4. The number of sulfonamides is 1. The molecule has 6 nitrogen and oxygen atoms in total. The molecule has 144 valence electrons. The van der Waals surface area contributed by atoms with Gasteiger partial charge >= 0.3 is 0 Å². The van der Waals surface area contributed by atoms with E-state index in [1.54, 1.807) is 41.9 Å². The third kappa shape index (κ3) is 5.08. The van der Waals surface area contributed by atoms with E-state index in [0.29, 0.717) is 11.6 Å². The van der Waals surface area contributed by atoms with E-state index in [9.17, 15) is 13.2 Å². The van der Waals surface area contributed by atoms with Crippen molar-refractivity contribution >= 4 is 21.6 Å². The molecule has 1 aliphatic rings. The average molecular weight is 388 g/mol. The molecule has 1 amide bonds.